The number of anilines is 2. The van der Waals surface area contributed by atoms with Gasteiger partial charge in [-0.05, 0) is 30.7 Å². The molecule has 0 radical (unpaired) electrons. The van der Waals surface area contributed by atoms with Crippen LogP contribution in [0.1, 0.15) is 18.3 Å². The zero-order valence-corrected chi connectivity index (χ0v) is 13.4. The Kier molecular flexibility index (Phi) is 4.72. The molecule has 0 saturated heterocycles. The van der Waals surface area contributed by atoms with E-state index in [1.165, 1.54) is 0 Å². The number of aromatic nitrogens is 4. The van der Waals surface area contributed by atoms with Gasteiger partial charge in [0.15, 0.2) is 0 Å². The second kappa shape index (κ2) is 7.10. The fourth-order valence-electron chi connectivity index (χ4n) is 2.37. The number of aliphatic hydroxyl groups excluding tert-OH is 1. The Bertz CT molecular complexity index is 814. The Labute approximate surface area is 140 Å². The van der Waals surface area contributed by atoms with Crippen molar-refractivity contribution in [2.75, 3.05) is 17.6 Å². The molecule has 24 heavy (non-hydrogen) atoms. The lowest BCUT2D eigenvalue weighted by atomic mass is 10.1. The number of nitrogens with one attached hydrogen (secondary N) is 1. The van der Waals surface area contributed by atoms with Crippen molar-refractivity contribution in [3.05, 3.63) is 60.3 Å². The molecule has 0 aliphatic carbocycles. The summed E-state index contributed by atoms with van der Waals surface area (Å²) in [4.78, 5) is 13.1. The van der Waals surface area contributed by atoms with Crippen LogP contribution in [0.25, 0.3) is 5.82 Å². The standard InChI is InChI=1S/C17H20N6O/c1-12(24)11-21-17-20-6-5-15(22-17)23-8-7-19-16(23)10-13-3-2-4-14(18)9-13/h2-9,12,24H,10-11,18H2,1H3,(H,20,21,22)/t12-/m0/s1. The van der Waals surface area contributed by atoms with E-state index in [2.05, 4.69) is 20.3 Å². The first-order valence-corrected chi connectivity index (χ1v) is 7.74. The van der Waals surface area contributed by atoms with Crippen LogP contribution in [0.3, 0.4) is 0 Å². The number of nitrogens with zero attached hydrogens (tertiary/aromatic N) is 4. The van der Waals surface area contributed by atoms with E-state index in [-0.39, 0.29) is 0 Å². The minimum Gasteiger partial charge on any atom is -0.399 e. The average Bonchev–Trinajstić information content (AvgIpc) is 3.01. The number of nitrogen functional groups attached to an aromatic ring is 1. The van der Waals surface area contributed by atoms with Gasteiger partial charge >= 0.3 is 0 Å². The lowest BCUT2D eigenvalue weighted by molar-refractivity contribution is 0.208. The van der Waals surface area contributed by atoms with Crippen LogP contribution in [0.4, 0.5) is 11.6 Å². The molecule has 0 aliphatic heterocycles. The average molecular weight is 324 g/mol. The van der Waals surface area contributed by atoms with Gasteiger partial charge in [0.25, 0.3) is 0 Å². The SMILES string of the molecule is C[C@H](O)CNc1nccc(-n2ccnc2Cc2cccc(N)c2)n1. The Morgan fingerprint density at radius 3 is 2.92 bits per heavy atom. The highest BCUT2D eigenvalue weighted by molar-refractivity contribution is 5.42. The monoisotopic (exact) mass is 324 g/mol. The maximum Gasteiger partial charge on any atom is 0.224 e. The van der Waals surface area contributed by atoms with Crippen molar-refractivity contribution in [3.8, 4) is 5.82 Å². The van der Waals surface area contributed by atoms with Crippen molar-refractivity contribution in [2.45, 2.75) is 19.4 Å². The molecule has 0 fully saturated rings. The molecular formula is C17H20N6O. The predicted molar refractivity (Wildman–Crippen MR) is 93.0 cm³/mol. The number of rotatable bonds is 6. The molecule has 2 heterocycles. The van der Waals surface area contributed by atoms with E-state index < -0.39 is 6.10 Å². The van der Waals surface area contributed by atoms with Crippen molar-refractivity contribution in [1.82, 2.24) is 19.5 Å². The summed E-state index contributed by atoms with van der Waals surface area (Å²) in [5.41, 5.74) is 7.66. The topological polar surface area (TPSA) is 102 Å². The van der Waals surface area contributed by atoms with Crippen LogP contribution in [0, 0.1) is 0 Å². The minimum absolute atomic E-state index is 0.392. The van der Waals surface area contributed by atoms with Crippen LogP contribution >= 0.6 is 0 Å². The molecule has 7 heteroatoms. The summed E-state index contributed by atoms with van der Waals surface area (Å²) in [5, 5.41) is 12.4. The molecule has 0 saturated carbocycles. The van der Waals surface area contributed by atoms with Gasteiger partial charge in [0.05, 0.1) is 6.10 Å². The van der Waals surface area contributed by atoms with Crippen LogP contribution in [0.15, 0.2) is 48.9 Å². The van der Waals surface area contributed by atoms with Crippen molar-refractivity contribution in [3.63, 3.8) is 0 Å². The maximum absolute atomic E-state index is 9.35. The van der Waals surface area contributed by atoms with Gasteiger partial charge in [0.2, 0.25) is 5.95 Å². The van der Waals surface area contributed by atoms with Crippen molar-refractivity contribution >= 4 is 11.6 Å². The Balaban J connectivity index is 1.83. The number of hydrogen-bond acceptors (Lipinski definition) is 6. The van der Waals surface area contributed by atoms with E-state index >= 15 is 0 Å². The molecular weight excluding hydrogens is 304 g/mol. The molecule has 0 aliphatic rings. The lowest BCUT2D eigenvalue weighted by Crippen LogP contribution is -2.17. The molecule has 3 aromatic rings. The summed E-state index contributed by atoms with van der Waals surface area (Å²) in [5.74, 6) is 2.05. The van der Waals surface area contributed by atoms with Crippen LogP contribution < -0.4 is 11.1 Å². The second-order valence-corrected chi connectivity index (χ2v) is 5.60. The largest absolute Gasteiger partial charge is 0.399 e. The molecule has 4 N–H and O–H groups in total. The van der Waals surface area contributed by atoms with Gasteiger partial charge in [-0.15, -0.1) is 0 Å². The molecule has 7 nitrogen and oxygen atoms in total. The second-order valence-electron chi connectivity index (χ2n) is 5.60. The molecule has 0 unspecified atom stereocenters. The van der Waals surface area contributed by atoms with Crippen molar-refractivity contribution < 1.29 is 5.11 Å². The zero-order valence-electron chi connectivity index (χ0n) is 13.4. The van der Waals surface area contributed by atoms with Crippen molar-refractivity contribution in [1.29, 1.82) is 0 Å². The van der Waals surface area contributed by atoms with Gasteiger partial charge in [-0.2, -0.15) is 4.98 Å². The van der Waals surface area contributed by atoms with Crippen LogP contribution in [0.5, 0.6) is 0 Å². The van der Waals surface area contributed by atoms with E-state index in [1.807, 2.05) is 41.1 Å². The Morgan fingerprint density at radius 2 is 2.12 bits per heavy atom. The normalized spacial score (nSPS) is 12.1. The highest BCUT2D eigenvalue weighted by Crippen LogP contribution is 2.15. The van der Waals surface area contributed by atoms with Gasteiger partial charge < -0.3 is 16.2 Å². The van der Waals surface area contributed by atoms with Crippen LogP contribution in [-0.2, 0) is 6.42 Å². The summed E-state index contributed by atoms with van der Waals surface area (Å²) in [6.45, 7) is 2.10. The fraction of sp³-hybridized carbons (Fsp3) is 0.235. The van der Waals surface area contributed by atoms with Gasteiger partial charge in [-0.1, -0.05) is 12.1 Å². The quantitative estimate of drug-likeness (QED) is 0.596. The van der Waals surface area contributed by atoms with E-state index in [0.29, 0.717) is 18.9 Å². The van der Waals surface area contributed by atoms with E-state index in [9.17, 15) is 5.11 Å². The van der Waals surface area contributed by atoms with Crippen LogP contribution in [0.2, 0.25) is 0 Å². The first kappa shape index (κ1) is 15.9. The summed E-state index contributed by atoms with van der Waals surface area (Å²) in [7, 11) is 0. The molecule has 0 spiro atoms. The third kappa shape index (κ3) is 3.88. The maximum atomic E-state index is 9.35. The number of benzene rings is 1. The van der Waals surface area contributed by atoms with E-state index in [4.69, 9.17) is 5.73 Å². The van der Waals surface area contributed by atoms with E-state index in [1.54, 1.807) is 19.3 Å². The minimum atomic E-state index is -0.468. The van der Waals surface area contributed by atoms with Crippen molar-refractivity contribution in [2.24, 2.45) is 0 Å². The molecule has 124 valence electrons. The predicted octanol–water partition coefficient (Wildman–Crippen LogP) is 1.63. The highest BCUT2D eigenvalue weighted by Gasteiger charge is 2.09. The number of nitrogens with two attached hydrogens (primary N) is 1. The van der Waals surface area contributed by atoms with Gasteiger partial charge in [0, 0.05) is 37.2 Å². The smallest absolute Gasteiger partial charge is 0.224 e. The Hall–Kier alpha value is -2.93. The summed E-state index contributed by atoms with van der Waals surface area (Å²) < 4.78 is 1.92. The van der Waals surface area contributed by atoms with Gasteiger partial charge in [-0.3, -0.25) is 4.57 Å². The van der Waals surface area contributed by atoms with Gasteiger partial charge in [-0.25, -0.2) is 9.97 Å². The first-order chi connectivity index (χ1) is 11.6. The molecule has 2 aromatic heterocycles. The third-order valence-corrected chi connectivity index (χ3v) is 3.47. The number of imidazole rings is 1. The highest BCUT2D eigenvalue weighted by atomic mass is 16.3. The summed E-state index contributed by atoms with van der Waals surface area (Å²) >= 11 is 0. The number of aliphatic hydroxyl groups is 1. The molecule has 1 atom stereocenters. The third-order valence-electron chi connectivity index (χ3n) is 3.47. The Morgan fingerprint density at radius 1 is 1.25 bits per heavy atom. The van der Waals surface area contributed by atoms with E-state index in [0.717, 1.165) is 22.9 Å². The fourth-order valence-corrected chi connectivity index (χ4v) is 2.37. The summed E-state index contributed by atoms with van der Waals surface area (Å²) in [6, 6.07) is 9.57. The van der Waals surface area contributed by atoms with Gasteiger partial charge in [0.1, 0.15) is 11.6 Å². The first-order valence-electron chi connectivity index (χ1n) is 7.74. The molecule has 0 bridgehead atoms. The lowest BCUT2D eigenvalue weighted by Gasteiger charge is -2.10. The zero-order chi connectivity index (χ0) is 16.9. The molecule has 0 amide bonds. The van der Waals surface area contributed by atoms with Crippen LogP contribution in [-0.4, -0.2) is 37.3 Å². The molecule has 1 aromatic carbocycles. The molecule has 3 rings (SSSR count). The number of hydrogen-bond donors (Lipinski definition) is 3. The summed E-state index contributed by atoms with van der Waals surface area (Å²) in [6.07, 6.45) is 5.47.